The van der Waals surface area contributed by atoms with Gasteiger partial charge in [-0.3, -0.25) is 10.1 Å². The van der Waals surface area contributed by atoms with Crippen LogP contribution in [0, 0.1) is 0 Å². The number of amides is 1. The molecule has 2 rings (SSSR count). The molecule has 1 aromatic heterocycles. The summed E-state index contributed by atoms with van der Waals surface area (Å²) in [6.45, 7) is 0. The van der Waals surface area contributed by atoms with Crippen LogP contribution in [0.15, 0.2) is 12.3 Å². The molecule has 1 aliphatic rings. The van der Waals surface area contributed by atoms with Gasteiger partial charge in [-0.2, -0.15) is 0 Å². The van der Waals surface area contributed by atoms with Crippen LogP contribution in [0.25, 0.3) is 0 Å². The van der Waals surface area contributed by atoms with Crippen molar-refractivity contribution in [3.05, 3.63) is 17.4 Å². The summed E-state index contributed by atoms with van der Waals surface area (Å²) in [4.78, 5) is 20.0. The van der Waals surface area contributed by atoms with Gasteiger partial charge in [0.05, 0.1) is 0 Å². The number of hydrogen-bond donors (Lipinski definition) is 2. The number of nitrogens with zero attached hydrogens (tertiary/aromatic N) is 2. The van der Waals surface area contributed by atoms with Crippen LogP contribution in [-0.4, -0.2) is 28.5 Å². The van der Waals surface area contributed by atoms with Gasteiger partial charge in [0.25, 0.3) is 0 Å². The first-order valence-corrected chi connectivity index (χ1v) is 6.99. The predicted octanol–water partition coefficient (Wildman–Crippen LogP) is 2.38. The van der Waals surface area contributed by atoms with Gasteiger partial charge in [-0.1, -0.05) is 30.9 Å². The summed E-state index contributed by atoms with van der Waals surface area (Å²) in [5.41, 5.74) is -0.0824. The van der Waals surface area contributed by atoms with Crippen molar-refractivity contribution in [3.8, 4) is 0 Å². The first-order chi connectivity index (χ1) is 9.13. The van der Waals surface area contributed by atoms with Crippen molar-refractivity contribution < 1.29 is 4.79 Å². The first kappa shape index (κ1) is 14.2. The highest BCUT2D eigenvalue weighted by Gasteiger charge is 2.32. The molecule has 0 aliphatic heterocycles. The molecule has 104 valence electrons. The van der Waals surface area contributed by atoms with Crippen molar-refractivity contribution >= 4 is 23.5 Å². The number of hydrogen-bond acceptors (Lipinski definition) is 4. The van der Waals surface area contributed by atoms with Crippen LogP contribution in [0.2, 0.25) is 5.15 Å². The fourth-order valence-corrected chi connectivity index (χ4v) is 2.75. The van der Waals surface area contributed by atoms with Gasteiger partial charge in [-0.05, 0) is 26.0 Å². The molecule has 1 fully saturated rings. The summed E-state index contributed by atoms with van der Waals surface area (Å²) in [6, 6.07) is 1.58. The van der Waals surface area contributed by atoms with E-state index in [-0.39, 0.29) is 17.4 Å². The molecule has 0 radical (unpaired) electrons. The molecule has 1 saturated carbocycles. The number of aromatic nitrogens is 2. The molecule has 0 bridgehead atoms. The predicted molar refractivity (Wildman–Crippen MR) is 75.2 cm³/mol. The molecule has 0 spiro atoms. The zero-order valence-electron chi connectivity index (χ0n) is 11.1. The van der Waals surface area contributed by atoms with Crippen molar-refractivity contribution in [1.82, 2.24) is 15.3 Å². The molecule has 0 saturated heterocycles. The highest BCUT2D eigenvalue weighted by atomic mass is 35.5. The molecule has 19 heavy (non-hydrogen) atoms. The van der Waals surface area contributed by atoms with Crippen molar-refractivity contribution in [2.45, 2.75) is 44.1 Å². The van der Waals surface area contributed by atoms with Crippen molar-refractivity contribution in [2.24, 2.45) is 0 Å². The lowest BCUT2D eigenvalue weighted by atomic mass is 9.79. The van der Waals surface area contributed by atoms with Crippen LogP contribution in [-0.2, 0) is 4.79 Å². The van der Waals surface area contributed by atoms with E-state index in [2.05, 4.69) is 20.6 Å². The van der Waals surface area contributed by atoms with Crippen LogP contribution in [0.3, 0.4) is 0 Å². The quantitative estimate of drug-likeness (QED) is 0.832. The van der Waals surface area contributed by atoms with Crippen LogP contribution >= 0.6 is 11.6 Å². The highest BCUT2D eigenvalue weighted by molar-refractivity contribution is 6.29. The van der Waals surface area contributed by atoms with Gasteiger partial charge in [-0.25, -0.2) is 9.97 Å². The summed E-state index contributed by atoms with van der Waals surface area (Å²) in [6.07, 6.45) is 7.63. The molecule has 2 N–H and O–H groups in total. The van der Waals surface area contributed by atoms with Crippen molar-refractivity contribution in [2.75, 3.05) is 12.4 Å². The molecule has 0 aromatic carbocycles. The maximum absolute atomic E-state index is 12.1. The Kier molecular flexibility index (Phi) is 4.71. The highest BCUT2D eigenvalue weighted by Crippen LogP contribution is 2.30. The Balaban J connectivity index is 1.96. The number of anilines is 1. The smallest absolute Gasteiger partial charge is 0.230 e. The average Bonchev–Trinajstić information content (AvgIpc) is 2.39. The van der Waals surface area contributed by atoms with Gasteiger partial charge in [0, 0.05) is 18.2 Å². The number of carbonyl (C=O) groups is 1. The third-order valence-electron chi connectivity index (χ3n) is 3.71. The summed E-state index contributed by atoms with van der Waals surface area (Å²) in [5, 5.41) is 6.35. The van der Waals surface area contributed by atoms with Crippen molar-refractivity contribution in [3.63, 3.8) is 0 Å². The summed E-state index contributed by atoms with van der Waals surface area (Å²) in [5.74, 6) is 0.193. The van der Waals surface area contributed by atoms with Gasteiger partial charge in [0.1, 0.15) is 5.15 Å². The fourth-order valence-electron chi connectivity index (χ4n) is 2.62. The summed E-state index contributed by atoms with van der Waals surface area (Å²) in [7, 11) is 1.93. The van der Waals surface area contributed by atoms with Crippen molar-refractivity contribution in [1.29, 1.82) is 0 Å². The minimum Gasteiger partial charge on any atom is -0.314 e. The second kappa shape index (κ2) is 6.30. The van der Waals surface area contributed by atoms with Gasteiger partial charge >= 0.3 is 0 Å². The van der Waals surface area contributed by atoms with E-state index in [0.29, 0.717) is 11.6 Å². The van der Waals surface area contributed by atoms with E-state index in [1.165, 1.54) is 25.5 Å². The maximum Gasteiger partial charge on any atom is 0.230 e. The molecule has 1 amide bonds. The fraction of sp³-hybridized carbons (Fsp3) is 0.615. The van der Waals surface area contributed by atoms with Gasteiger partial charge in [0.2, 0.25) is 11.9 Å². The van der Waals surface area contributed by atoms with E-state index in [1.54, 1.807) is 6.07 Å². The van der Waals surface area contributed by atoms with Gasteiger partial charge < -0.3 is 5.32 Å². The Morgan fingerprint density at radius 1 is 1.42 bits per heavy atom. The standard InChI is InChI=1S/C13H19ClN4O/c1-15-13(6-3-2-4-7-13)9-11(19)18-12-16-8-5-10(14)17-12/h5,8,15H,2-4,6-7,9H2,1H3,(H,16,17,18,19). The zero-order chi connectivity index (χ0) is 13.7. The largest absolute Gasteiger partial charge is 0.314 e. The Morgan fingerprint density at radius 2 is 2.16 bits per heavy atom. The molecule has 5 nitrogen and oxygen atoms in total. The Bertz CT molecular complexity index is 446. The third-order valence-corrected chi connectivity index (χ3v) is 3.92. The number of halogens is 1. The third kappa shape index (κ3) is 3.88. The van der Waals surface area contributed by atoms with E-state index in [9.17, 15) is 4.79 Å². The van der Waals surface area contributed by atoms with Crippen LogP contribution in [0.5, 0.6) is 0 Å². The second-order valence-corrected chi connectivity index (χ2v) is 5.41. The molecule has 6 heteroatoms. The zero-order valence-corrected chi connectivity index (χ0v) is 11.8. The normalized spacial score (nSPS) is 18.0. The van der Waals surface area contributed by atoms with E-state index in [4.69, 9.17) is 11.6 Å². The number of rotatable bonds is 4. The first-order valence-electron chi connectivity index (χ1n) is 6.61. The van der Waals surface area contributed by atoms with Crippen LogP contribution in [0.1, 0.15) is 38.5 Å². The van der Waals surface area contributed by atoms with Gasteiger partial charge in [0.15, 0.2) is 0 Å². The lowest BCUT2D eigenvalue weighted by Gasteiger charge is -2.36. The molecule has 0 atom stereocenters. The molecular weight excluding hydrogens is 264 g/mol. The average molecular weight is 283 g/mol. The minimum atomic E-state index is -0.0824. The lowest BCUT2D eigenvalue weighted by molar-refractivity contribution is -0.118. The Labute approximate surface area is 118 Å². The van der Waals surface area contributed by atoms with E-state index in [1.807, 2.05) is 7.05 Å². The van der Waals surface area contributed by atoms with Crippen LogP contribution in [0.4, 0.5) is 5.95 Å². The molecule has 1 heterocycles. The van der Waals surface area contributed by atoms with Gasteiger partial charge in [-0.15, -0.1) is 0 Å². The van der Waals surface area contributed by atoms with E-state index in [0.717, 1.165) is 12.8 Å². The van der Waals surface area contributed by atoms with Crippen LogP contribution < -0.4 is 10.6 Å². The van der Waals surface area contributed by atoms with E-state index < -0.39 is 0 Å². The SMILES string of the molecule is CNC1(CC(=O)Nc2nccc(Cl)n2)CCCCC1. The summed E-state index contributed by atoms with van der Waals surface area (Å²) >= 11 is 5.76. The minimum absolute atomic E-state index is 0.0708. The molecule has 0 unspecified atom stereocenters. The molecule has 1 aliphatic carbocycles. The monoisotopic (exact) mass is 282 g/mol. The lowest BCUT2D eigenvalue weighted by Crippen LogP contribution is -2.47. The number of carbonyl (C=O) groups excluding carboxylic acids is 1. The van der Waals surface area contributed by atoms with E-state index >= 15 is 0 Å². The molecule has 1 aromatic rings. The second-order valence-electron chi connectivity index (χ2n) is 5.02. The summed E-state index contributed by atoms with van der Waals surface area (Å²) < 4.78 is 0. The topological polar surface area (TPSA) is 66.9 Å². The maximum atomic E-state index is 12.1. The Morgan fingerprint density at radius 3 is 2.79 bits per heavy atom. The Hall–Kier alpha value is -1.20. The number of nitrogens with one attached hydrogen (secondary N) is 2. The molecular formula is C13H19ClN4O.